The minimum Gasteiger partial charge on any atom is -0.480 e. The van der Waals surface area contributed by atoms with E-state index in [4.69, 9.17) is 0 Å². The maximum Gasteiger partial charge on any atom is 0.323 e. The van der Waals surface area contributed by atoms with Gasteiger partial charge in [-0.15, -0.1) is 0 Å². The number of carboxylic acid groups (broad SMARTS) is 1. The molecule has 0 radical (unpaired) electrons. The lowest BCUT2D eigenvalue weighted by Gasteiger charge is -2.35. The lowest BCUT2D eigenvalue weighted by Crippen LogP contribution is -2.52. The smallest absolute Gasteiger partial charge is 0.323 e. The van der Waals surface area contributed by atoms with Gasteiger partial charge in [0.25, 0.3) is 0 Å². The van der Waals surface area contributed by atoms with Crippen molar-refractivity contribution >= 4 is 5.97 Å². The average Bonchev–Trinajstić information content (AvgIpc) is 3.15. The Hall–Kier alpha value is -0.610. The van der Waals surface area contributed by atoms with Crippen LogP contribution in [0.15, 0.2) is 0 Å². The number of hydrogen-bond donors (Lipinski definition) is 2. The third kappa shape index (κ3) is 3.23. The van der Waals surface area contributed by atoms with Gasteiger partial charge in [0.2, 0.25) is 0 Å². The Bertz CT molecular complexity index is 313. The monoisotopic (exact) mass is 254 g/mol. The van der Waals surface area contributed by atoms with Crippen molar-refractivity contribution in [3.8, 4) is 0 Å². The largest absolute Gasteiger partial charge is 0.480 e. The molecule has 2 rings (SSSR count). The minimum absolute atomic E-state index is 0.339. The Balaban J connectivity index is 1.94. The Labute approximate surface area is 110 Å². The zero-order chi connectivity index (χ0) is 13.3. The summed E-state index contributed by atoms with van der Waals surface area (Å²) in [5.74, 6) is 0.123. The van der Waals surface area contributed by atoms with Crippen molar-refractivity contribution in [2.45, 2.75) is 63.6 Å². The fraction of sp³-hybridized carbons (Fsp3) is 0.929. The first kappa shape index (κ1) is 13.8. The number of aliphatic carboxylic acids is 1. The fourth-order valence-electron chi connectivity index (χ4n) is 2.70. The molecule has 2 aliphatic rings. The van der Waals surface area contributed by atoms with E-state index in [-0.39, 0.29) is 0 Å². The van der Waals surface area contributed by atoms with Gasteiger partial charge in [-0.3, -0.25) is 9.69 Å². The van der Waals surface area contributed by atoms with Crippen molar-refractivity contribution in [1.29, 1.82) is 0 Å². The number of rotatable bonds is 8. The highest BCUT2D eigenvalue weighted by Crippen LogP contribution is 2.37. The first-order valence-corrected chi connectivity index (χ1v) is 7.14. The van der Waals surface area contributed by atoms with E-state index in [1.54, 1.807) is 14.0 Å². The van der Waals surface area contributed by atoms with Crippen LogP contribution in [0.4, 0.5) is 0 Å². The molecule has 18 heavy (non-hydrogen) atoms. The van der Waals surface area contributed by atoms with Crippen LogP contribution in [0.1, 0.15) is 46.0 Å². The van der Waals surface area contributed by atoms with Gasteiger partial charge < -0.3 is 10.4 Å². The molecular formula is C14H26N2O2. The highest BCUT2D eigenvalue weighted by molar-refractivity contribution is 5.78. The first-order valence-electron chi connectivity index (χ1n) is 7.14. The van der Waals surface area contributed by atoms with Crippen molar-refractivity contribution in [3.63, 3.8) is 0 Å². The molecule has 2 aliphatic carbocycles. The summed E-state index contributed by atoms with van der Waals surface area (Å²) in [5, 5.41) is 12.3. The Morgan fingerprint density at radius 2 is 2.06 bits per heavy atom. The van der Waals surface area contributed by atoms with Gasteiger partial charge in [0.15, 0.2) is 0 Å². The van der Waals surface area contributed by atoms with Gasteiger partial charge in [0.1, 0.15) is 5.54 Å². The number of nitrogens with one attached hydrogen (secondary N) is 1. The zero-order valence-electron chi connectivity index (χ0n) is 11.8. The van der Waals surface area contributed by atoms with Gasteiger partial charge in [-0.1, -0.05) is 0 Å². The summed E-state index contributed by atoms with van der Waals surface area (Å²) < 4.78 is 0. The van der Waals surface area contributed by atoms with Gasteiger partial charge in [0, 0.05) is 18.6 Å². The number of likely N-dealkylation sites (N-methyl/N-ethyl adjacent to an activating group) is 1. The lowest BCUT2D eigenvalue weighted by molar-refractivity contribution is -0.144. The zero-order valence-corrected chi connectivity index (χ0v) is 11.8. The van der Waals surface area contributed by atoms with E-state index in [9.17, 15) is 9.90 Å². The Kier molecular flexibility index (Phi) is 3.97. The molecule has 2 saturated carbocycles. The lowest BCUT2D eigenvalue weighted by atomic mass is 9.93. The fourth-order valence-corrected chi connectivity index (χ4v) is 2.70. The highest BCUT2D eigenvalue weighted by Gasteiger charge is 2.40. The second kappa shape index (κ2) is 5.17. The van der Waals surface area contributed by atoms with Crippen LogP contribution < -0.4 is 5.32 Å². The predicted molar refractivity (Wildman–Crippen MR) is 71.6 cm³/mol. The Morgan fingerprint density at radius 3 is 2.44 bits per heavy atom. The number of carbonyl (C=O) groups is 1. The second-order valence-electron chi connectivity index (χ2n) is 6.31. The molecule has 0 aromatic carbocycles. The van der Waals surface area contributed by atoms with Crippen LogP contribution in [0.2, 0.25) is 0 Å². The summed E-state index contributed by atoms with van der Waals surface area (Å²) in [6.45, 7) is 5.14. The molecule has 0 bridgehead atoms. The average molecular weight is 254 g/mol. The Morgan fingerprint density at radius 1 is 1.44 bits per heavy atom. The topological polar surface area (TPSA) is 52.6 Å². The third-order valence-electron chi connectivity index (χ3n) is 4.48. The van der Waals surface area contributed by atoms with Gasteiger partial charge in [-0.05, 0) is 58.9 Å². The van der Waals surface area contributed by atoms with E-state index in [1.807, 2.05) is 0 Å². The van der Waals surface area contributed by atoms with Crippen molar-refractivity contribution < 1.29 is 9.90 Å². The maximum absolute atomic E-state index is 11.3. The third-order valence-corrected chi connectivity index (χ3v) is 4.48. The van der Waals surface area contributed by atoms with E-state index >= 15 is 0 Å². The predicted octanol–water partition coefficient (Wildman–Crippen LogP) is 1.70. The first-order chi connectivity index (χ1) is 8.46. The summed E-state index contributed by atoms with van der Waals surface area (Å²) in [5.41, 5.74) is -0.809. The van der Waals surface area contributed by atoms with E-state index < -0.39 is 11.5 Å². The van der Waals surface area contributed by atoms with Crippen LogP contribution >= 0.6 is 0 Å². The van der Waals surface area contributed by atoms with Crippen molar-refractivity contribution in [3.05, 3.63) is 0 Å². The molecule has 0 amide bonds. The molecule has 0 aromatic heterocycles. The summed E-state index contributed by atoms with van der Waals surface area (Å²) in [6.07, 6.45) is 5.97. The molecule has 0 saturated heterocycles. The maximum atomic E-state index is 11.3. The van der Waals surface area contributed by atoms with E-state index in [0.29, 0.717) is 12.5 Å². The second-order valence-corrected chi connectivity index (χ2v) is 6.31. The van der Waals surface area contributed by atoms with Gasteiger partial charge in [0.05, 0.1) is 0 Å². The number of carboxylic acids is 1. The summed E-state index contributed by atoms with van der Waals surface area (Å²) in [4.78, 5) is 13.9. The van der Waals surface area contributed by atoms with Crippen molar-refractivity contribution in [2.24, 2.45) is 5.92 Å². The minimum atomic E-state index is -0.809. The molecule has 4 heteroatoms. The molecule has 0 aliphatic heterocycles. The molecule has 104 valence electrons. The molecule has 4 nitrogen and oxygen atoms in total. The molecule has 2 N–H and O–H groups in total. The van der Waals surface area contributed by atoms with Gasteiger partial charge >= 0.3 is 5.97 Å². The SMILES string of the molecule is CNC(C)(CC(C)N(CC1CC1)C1CC1)C(=O)O. The van der Waals surface area contributed by atoms with E-state index in [1.165, 1.54) is 32.2 Å². The van der Waals surface area contributed by atoms with Crippen molar-refractivity contribution in [1.82, 2.24) is 10.2 Å². The van der Waals surface area contributed by atoms with E-state index in [0.717, 1.165) is 12.0 Å². The highest BCUT2D eigenvalue weighted by atomic mass is 16.4. The van der Waals surface area contributed by atoms with Gasteiger partial charge in [-0.25, -0.2) is 0 Å². The molecule has 2 unspecified atom stereocenters. The molecular weight excluding hydrogens is 228 g/mol. The normalized spacial score (nSPS) is 24.9. The van der Waals surface area contributed by atoms with Crippen LogP contribution in [0.3, 0.4) is 0 Å². The summed E-state index contributed by atoms with van der Waals surface area (Å²) in [6, 6.07) is 1.06. The summed E-state index contributed by atoms with van der Waals surface area (Å²) in [7, 11) is 1.74. The standard InChI is InChI=1S/C14H26N2O2/c1-10(8-14(2,15-3)13(17)18)16(12-6-7-12)9-11-4-5-11/h10-12,15H,4-9H2,1-3H3,(H,17,18). The molecule has 0 spiro atoms. The van der Waals surface area contributed by atoms with Crippen molar-refractivity contribution in [2.75, 3.05) is 13.6 Å². The van der Waals surface area contributed by atoms with Crippen LogP contribution in [0.5, 0.6) is 0 Å². The van der Waals surface area contributed by atoms with E-state index in [2.05, 4.69) is 17.1 Å². The van der Waals surface area contributed by atoms with Crippen LogP contribution in [-0.4, -0.2) is 47.2 Å². The summed E-state index contributed by atoms with van der Waals surface area (Å²) >= 11 is 0. The number of hydrogen-bond acceptors (Lipinski definition) is 3. The molecule has 2 fully saturated rings. The van der Waals surface area contributed by atoms with Crippen LogP contribution in [0.25, 0.3) is 0 Å². The molecule has 0 heterocycles. The van der Waals surface area contributed by atoms with Gasteiger partial charge in [-0.2, -0.15) is 0 Å². The van der Waals surface area contributed by atoms with Crippen LogP contribution in [0, 0.1) is 5.92 Å². The quantitative estimate of drug-likeness (QED) is 0.692. The van der Waals surface area contributed by atoms with Crippen LogP contribution in [-0.2, 0) is 4.79 Å². The molecule has 2 atom stereocenters. The molecule has 0 aromatic rings. The number of nitrogens with zero attached hydrogens (tertiary/aromatic N) is 1.